The van der Waals surface area contributed by atoms with E-state index in [0.717, 1.165) is 6.07 Å². The second kappa shape index (κ2) is 10.8. The average molecular weight is 497 g/mol. The van der Waals surface area contributed by atoms with Crippen LogP contribution in [0.5, 0.6) is 11.5 Å². The van der Waals surface area contributed by atoms with Crippen LogP contribution in [0.4, 0.5) is 15.9 Å². The van der Waals surface area contributed by atoms with Gasteiger partial charge in [0.1, 0.15) is 23.9 Å². The van der Waals surface area contributed by atoms with Gasteiger partial charge in [-0.25, -0.2) is 9.37 Å². The highest BCUT2D eigenvalue weighted by atomic mass is 19.1. The zero-order valence-corrected chi connectivity index (χ0v) is 20.3. The molecule has 0 unspecified atom stereocenters. The van der Waals surface area contributed by atoms with Gasteiger partial charge in [0, 0.05) is 35.6 Å². The van der Waals surface area contributed by atoms with Crippen LogP contribution in [0.3, 0.4) is 0 Å². The highest BCUT2D eigenvalue weighted by Crippen LogP contribution is 2.28. The van der Waals surface area contributed by atoms with Gasteiger partial charge in [-0.05, 0) is 43.7 Å². The number of aromatic nitrogens is 2. The summed E-state index contributed by atoms with van der Waals surface area (Å²) in [5, 5.41) is 15.6. The second-order valence-corrected chi connectivity index (χ2v) is 8.45. The SMILES string of the molecule is C=C(N)c1c(O)cc(CNC(=O)Cn2c(-c3cc(N)cc(OC)c3)cnc(NC(C)C)c2=O)cc1F. The largest absolute Gasteiger partial charge is 0.507 e. The summed E-state index contributed by atoms with van der Waals surface area (Å²) in [6.07, 6.45) is 1.47. The monoisotopic (exact) mass is 496 g/mol. The lowest BCUT2D eigenvalue weighted by atomic mass is 10.1. The molecule has 1 aromatic heterocycles. The molecule has 0 aliphatic heterocycles. The van der Waals surface area contributed by atoms with E-state index in [1.54, 1.807) is 18.2 Å². The summed E-state index contributed by atoms with van der Waals surface area (Å²) in [6.45, 7) is 6.69. The number of amides is 1. The molecule has 0 aliphatic carbocycles. The number of ether oxygens (including phenoxy) is 1. The Bertz CT molecular complexity index is 1350. The number of benzene rings is 2. The molecule has 3 aromatic rings. The highest BCUT2D eigenvalue weighted by molar-refractivity contribution is 5.77. The van der Waals surface area contributed by atoms with Gasteiger partial charge in [-0.3, -0.25) is 14.2 Å². The molecule has 1 amide bonds. The molecular weight excluding hydrogens is 467 g/mol. The predicted octanol–water partition coefficient (Wildman–Crippen LogP) is 2.41. The first kappa shape index (κ1) is 26.1. The van der Waals surface area contributed by atoms with Crippen LogP contribution in [0.15, 0.2) is 47.9 Å². The molecule has 0 saturated carbocycles. The van der Waals surface area contributed by atoms with Crippen molar-refractivity contribution in [3.63, 3.8) is 0 Å². The molecule has 7 N–H and O–H groups in total. The van der Waals surface area contributed by atoms with Crippen LogP contribution in [0, 0.1) is 5.82 Å². The minimum absolute atomic E-state index is 0.0686. The van der Waals surface area contributed by atoms with Crippen LogP contribution in [-0.2, 0) is 17.9 Å². The number of phenolic OH excluding ortho intramolecular Hbond substituents is 1. The third-order valence-electron chi connectivity index (χ3n) is 5.18. The van der Waals surface area contributed by atoms with Gasteiger partial charge in [0.05, 0.1) is 24.6 Å². The van der Waals surface area contributed by atoms with E-state index in [-0.39, 0.29) is 42.0 Å². The molecule has 0 atom stereocenters. The van der Waals surface area contributed by atoms with Crippen molar-refractivity contribution < 1.29 is 19.0 Å². The Labute approximate surface area is 207 Å². The lowest BCUT2D eigenvalue weighted by molar-refractivity contribution is -0.121. The molecule has 1 heterocycles. The van der Waals surface area contributed by atoms with Crippen molar-refractivity contribution in [1.82, 2.24) is 14.9 Å². The molecule has 10 nitrogen and oxygen atoms in total. The number of halogens is 1. The van der Waals surface area contributed by atoms with E-state index >= 15 is 0 Å². The summed E-state index contributed by atoms with van der Waals surface area (Å²) in [4.78, 5) is 30.3. The number of nitrogen functional groups attached to an aromatic ring is 1. The molecule has 0 aliphatic rings. The Hall–Kier alpha value is -4.54. The summed E-state index contributed by atoms with van der Waals surface area (Å²) in [7, 11) is 1.49. The Morgan fingerprint density at radius 2 is 2.00 bits per heavy atom. The molecule has 0 radical (unpaired) electrons. The lowest BCUT2D eigenvalue weighted by Gasteiger charge is -2.17. The molecule has 0 saturated heterocycles. The van der Waals surface area contributed by atoms with Crippen molar-refractivity contribution in [2.45, 2.75) is 33.0 Å². The summed E-state index contributed by atoms with van der Waals surface area (Å²) < 4.78 is 20.8. The molecule has 36 heavy (non-hydrogen) atoms. The summed E-state index contributed by atoms with van der Waals surface area (Å²) in [6, 6.07) is 7.30. The van der Waals surface area contributed by atoms with Crippen LogP contribution in [0.1, 0.15) is 25.0 Å². The molecule has 0 bridgehead atoms. The normalized spacial score (nSPS) is 10.8. The van der Waals surface area contributed by atoms with Gasteiger partial charge in [-0.2, -0.15) is 0 Å². The Kier molecular flexibility index (Phi) is 7.83. The van der Waals surface area contributed by atoms with E-state index in [1.165, 1.54) is 23.9 Å². The van der Waals surface area contributed by atoms with Crippen LogP contribution < -0.4 is 32.4 Å². The van der Waals surface area contributed by atoms with Gasteiger partial charge in [0.15, 0.2) is 5.82 Å². The first-order valence-corrected chi connectivity index (χ1v) is 11.0. The molecule has 0 spiro atoms. The smallest absolute Gasteiger partial charge is 0.294 e. The van der Waals surface area contributed by atoms with E-state index in [9.17, 15) is 19.1 Å². The number of carbonyl (C=O) groups excluding carboxylic acids is 1. The van der Waals surface area contributed by atoms with Crippen LogP contribution in [0.2, 0.25) is 0 Å². The quantitative estimate of drug-likeness (QED) is 0.283. The Morgan fingerprint density at radius 1 is 1.28 bits per heavy atom. The number of methoxy groups -OCH3 is 1. The number of anilines is 2. The first-order chi connectivity index (χ1) is 17.0. The van der Waals surface area contributed by atoms with Crippen molar-refractivity contribution in [3.05, 3.63) is 70.4 Å². The summed E-state index contributed by atoms with van der Waals surface area (Å²) in [5.41, 5.74) is 12.2. The third-order valence-corrected chi connectivity index (χ3v) is 5.18. The Balaban J connectivity index is 1.92. The number of carbonyl (C=O) groups is 1. The topological polar surface area (TPSA) is 158 Å². The van der Waals surface area contributed by atoms with Crippen molar-refractivity contribution in [2.24, 2.45) is 5.73 Å². The van der Waals surface area contributed by atoms with Crippen molar-refractivity contribution in [2.75, 3.05) is 18.2 Å². The molecule has 2 aromatic carbocycles. The van der Waals surface area contributed by atoms with Crippen molar-refractivity contribution in [1.29, 1.82) is 0 Å². The number of phenols is 1. The van der Waals surface area contributed by atoms with Gasteiger partial charge >= 0.3 is 0 Å². The highest BCUT2D eigenvalue weighted by Gasteiger charge is 2.17. The molecule has 3 rings (SSSR count). The molecule has 0 fully saturated rings. The van der Waals surface area contributed by atoms with Gasteiger partial charge in [-0.1, -0.05) is 6.58 Å². The van der Waals surface area contributed by atoms with Crippen molar-refractivity contribution >= 4 is 23.1 Å². The van der Waals surface area contributed by atoms with Gasteiger partial charge < -0.3 is 31.9 Å². The van der Waals surface area contributed by atoms with E-state index in [4.69, 9.17) is 16.2 Å². The maximum atomic E-state index is 14.3. The molecule has 11 heteroatoms. The number of hydrogen-bond donors (Lipinski definition) is 5. The number of nitrogens with zero attached hydrogens (tertiary/aromatic N) is 2. The second-order valence-electron chi connectivity index (χ2n) is 8.45. The van der Waals surface area contributed by atoms with Gasteiger partial charge in [0.25, 0.3) is 5.56 Å². The fourth-order valence-electron chi connectivity index (χ4n) is 3.60. The molecule has 190 valence electrons. The number of rotatable bonds is 9. The minimum Gasteiger partial charge on any atom is -0.507 e. The van der Waals surface area contributed by atoms with E-state index in [0.29, 0.717) is 28.3 Å². The van der Waals surface area contributed by atoms with Crippen molar-refractivity contribution in [3.8, 4) is 22.8 Å². The zero-order valence-electron chi connectivity index (χ0n) is 20.3. The average Bonchev–Trinajstić information content (AvgIpc) is 2.79. The zero-order chi connectivity index (χ0) is 26.6. The molecular formula is C25H29FN6O4. The van der Waals surface area contributed by atoms with Gasteiger partial charge in [-0.15, -0.1) is 0 Å². The third kappa shape index (κ3) is 5.93. The number of hydrogen-bond acceptors (Lipinski definition) is 8. The summed E-state index contributed by atoms with van der Waals surface area (Å²) in [5.74, 6) is -1.12. The van der Waals surface area contributed by atoms with Crippen LogP contribution in [0.25, 0.3) is 17.0 Å². The first-order valence-electron chi connectivity index (χ1n) is 11.0. The van der Waals surface area contributed by atoms with Gasteiger partial charge in [0.2, 0.25) is 5.91 Å². The minimum atomic E-state index is -0.764. The maximum Gasteiger partial charge on any atom is 0.294 e. The summed E-state index contributed by atoms with van der Waals surface area (Å²) >= 11 is 0. The number of nitrogens with two attached hydrogens (primary N) is 2. The lowest BCUT2D eigenvalue weighted by Crippen LogP contribution is -2.35. The maximum absolute atomic E-state index is 14.3. The number of nitrogens with one attached hydrogen (secondary N) is 2. The standard InChI is InChI=1S/C25H29FN6O4/c1-13(2)31-24-25(35)32(20(11-30-24)16-7-17(28)9-18(8-16)36-4)12-22(34)29-10-15-5-19(26)23(14(3)27)21(33)6-15/h5-9,11,13,33H,3,10,12,27-28H2,1-2,4H3,(H,29,34)(H,30,31). The van der Waals surface area contributed by atoms with Crippen LogP contribution >= 0.6 is 0 Å². The fourth-order valence-corrected chi connectivity index (χ4v) is 3.60. The predicted molar refractivity (Wildman–Crippen MR) is 137 cm³/mol. The van der Waals surface area contributed by atoms with E-state index in [2.05, 4.69) is 22.2 Å². The fraction of sp³-hybridized carbons (Fsp3) is 0.240. The van der Waals surface area contributed by atoms with E-state index < -0.39 is 17.3 Å². The Morgan fingerprint density at radius 3 is 2.61 bits per heavy atom. The van der Waals surface area contributed by atoms with Crippen LogP contribution in [-0.4, -0.2) is 33.7 Å². The van der Waals surface area contributed by atoms with E-state index in [1.807, 2.05) is 13.8 Å². The number of aromatic hydroxyl groups is 1.